The minimum atomic E-state index is -0.486. The molecule has 0 amide bonds. The zero-order valence-corrected chi connectivity index (χ0v) is 19.7. The summed E-state index contributed by atoms with van der Waals surface area (Å²) in [6, 6.07) is 16.9. The number of non-ortho nitro benzene ring substituents is 1. The fourth-order valence-electron chi connectivity index (χ4n) is 3.19. The van der Waals surface area contributed by atoms with Gasteiger partial charge >= 0.3 is 0 Å². The van der Waals surface area contributed by atoms with Gasteiger partial charge in [-0.2, -0.15) is 4.57 Å². The molecule has 2 aromatic carbocycles. The highest BCUT2D eigenvalue weighted by molar-refractivity contribution is 7.81. The molecule has 170 valence electrons. The highest BCUT2D eigenvalue weighted by Crippen LogP contribution is 2.24. The fourth-order valence-corrected chi connectivity index (χ4v) is 3.51. The van der Waals surface area contributed by atoms with Gasteiger partial charge < -0.3 is 15.2 Å². The molecule has 0 bridgehead atoms. The van der Waals surface area contributed by atoms with Crippen molar-refractivity contribution in [3.8, 4) is 5.75 Å². The summed E-state index contributed by atoms with van der Waals surface area (Å²) in [5, 5.41) is 25.3. The van der Waals surface area contributed by atoms with Gasteiger partial charge in [0.1, 0.15) is 5.75 Å². The highest BCUT2D eigenvalue weighted by atomic mass is 32.1. The number of nitrogens with zero attached hydrogens (tertiary/aromatic N) is 2. The van der Waals surface area contributed by atoms with Crippen LogP contribution in [0.1, 0.15) is 31.9 Å². The number of hydrogen-bond donors (Lipinski definition) is 2. The first-order chi connectivity index (χ1) is 15.6. The number of methoxy groups -OCH3 is 1. The Morgan fingerprint density at radius 2 is 1.73 bits per heavy atom. The number of ether oxygens (including phenoxy) is 1. The van der Waals surface area contributed by atoms with Crippen LogP contribution in [0.5, 0.6) is 5.75 Å². The van der Waals surface area contributed by atoms with Crippen LogP contribution in [0.25, 0.3) is 11.5 Å². The third-order valence-corrected chi connectivity index (χ3v) is 5.37. The molecular formula is C25H26N3O4S+. The van der Waals surface area contributed by atoms with Crippen LogP contribution in [0.3, 0.4) is 0 Å². The molecule has 7 nitrogen and oxygen atoms in total. The fraction of sp³-hybridized carbons (Fsp3) is 0.200. The van der Waals surface area contributed by atoms with Gasteiger partial charge in [-0.3, -0.25) is 10.1 Å². The van der Waals surface area contributed by atoms with Crippen LogP contribution in [-0.2, 0) is 5.41 Å². The monoisotopic (exact) mass is 464 g/mol. The maximum atomic E-state index is 11.2. The van der Waals surface area contributed by atoms with E-state index < -0.39 is 4.92 Å². The molecule has 3 aromatic rings. The first-order valence-corrected chi connectivity index (χ1v) is 10.7. The lowest BCUT2D eigenvalue weighted by Gasteiger charge is -2.18. The lowest BCUT2D eigenvalue weighted by molar-refractivity contribution is -0.575. The van der Waals surface area contributed by atoms with Gasteiger partial charge in [0.05, 0.1) is 12.0 Å². The van der Waals surface area contributed by atoms with Gasteiger partial charge in [-0.05, 0) is 35.2 Å². The van der Waals surface area contributed by atoms with Crippen LogP contribution >= 0.6 is 12.2 Å². The van der Waals surface area contributed by atoms with Crippen molar-refractivity contribution in [1.29, 1.82) is 0 Å². The molecular weight excluding hydrogens is 438 g/mol. The van der Waals surface area contributed by atoms with E-state index in [9.17, 15) is 15.2 Å². The molecule has 2 N–H and O–H groups in total. The number of nitro benzene ring substituents is 1. The summed E-state index contributed by atoms with van der Waals surface area (Å²) in [6.07, 6.45) is 3.66. The van der Waals surface area contributed by atoms with Crippen molar-refractivity contribution in [1.82, 2.24) is 0 Å². The highest BCUT2D eigenvalue weighted by Gasteiger charge is 2.25. The molecule has 0 unspecified atom stereocenters. The summed E-state index contributed by atoms with van der Waals surface area (Å²) in [6.45, 7) is 6.35. The van der Waals surface area contributed by atoms with E-state index in [0.717, 1.165) is 5.56 Å². The van der Waals surface area contributed by atoms with Crippen molar-refractivity contribution in [3.63, 3.8) is 0 Å². The number of aromatic nitrogens is 1. The van der Waals surface area contributed by atoms with E-state index in [1.807, 2.05) is 42.7 Å². The molecule has 0 aliphatic rings. The molecule has 0 aliphatic heterocycles. The molecule has 0 fully saturated rings. The van der Waals surface area contributed by atoms with Crippen molar-refractivity contribution in [2.45, 2.75) is 26.2 Å². The second-order valence-electron chi connectivity index (χ2n) is 8.43. The van der Waals surface area contributed by atoms with Gasteiger partial charge in [0, 0.05) is 41.6 Å². The first-order valence-electron chi connectivity index (χ1n) is 10.3. The Balaban J connectivity index is 2.07. The number of nitro groups is 1. The molecule has 0 atom stereocenters. The normalized spacial score (nSPS) is 12.0. The molecule has 0 saturated carbocycles. The Kier molecular flexibility index (Phi) is 7.08. The number of thiocarbonyl (C=S) groups is 1. The summed E-state index contributed by atoms with van der Waals surface area (Å²) in [5.74, 6) is 0.550. The predicted octanol–water partition coefficient (Wildman–Crippen LogP) is 5.51. The number of nitrogens with one attached hydrogen (secondary N) is 1. The maximum absolute atomic E-state index is 11.2. The Morgan fingerprint density at radius 1 is 1.09 bits per heavy atom. The standard InChI is InChI=1S/C25H25N3O4S/c1-25(2,3)18-12-14-27(15-13-18)22(23(29)17-8-10-20(11-9-17)28(30)31)24(33)26-19-6-5-7-21(16-19)32-4/h5-16H,1-4H3,(H-,26,29,33)/p+1. The van der Waals surface area contributed by atoms with E-state index in [4.69, 9.17) is 17.0 Å². The molecule has 33 heavy (non-hydrogen) atoms. The quantitative estimate of drug-likeness (QED) is 0.125. The Morgan fingerprint density at radius 3 is 2.27 bits per heavy atom. The van der Waals surface area contributed by atoms with Crippen molar-refractivity contribution in [3.05, 3.63) is 94.3 Å². The summed E-state index contributed by atoms with van der Waals surface area (Å²) in [4.78, 5) is 10.8. The van der Waals surface area contributed by atoms with Gasteiger partial charge in [0.15, 0.2) is 23.1 Å². The SMILES string of the molecule is COc1cccc(NC(=S)/C(=C(\O)c2ccc([N+](=O)[O-])cc2)[n+]2ccc(C(C)(C)C)cc2)c1. The van der Waals surface area contributed by atoms with E-state index in [1.165, 1.54) is 24.3 Å². The predicted molar refractivity (Wildman–Crippen MR) is 133 cm³/mol. The van der Waals surface area contributed by atoms with Gasteiger partial charge in [-0.1, -0.05) is 39.1 Å². The number of aliphatic hydroxyl groups is 1. The second kappa shape index (κ2) is 9.79. The van der Waals surface area contributed by atoms with E-state index in [-0.39, 0.29) is 21.9 Å². The average molecular weight is 465 g/mol. The number of pyridine rings is 1. The van der Waals surface area contributed by atoms with Gasteiger partial charge in [-0.15, -0.1) is 0 Å². The van der Waals surface area contributed by atoms with E-state index >= 15 is 0 Å². The van der Waals surface area contributed by atoms with Crippen molar-refractivity contribution in [2.24, 2.45) is 0 Å². The molecule has 0 radical (unpaired) electrons. The topological polar surface area (TPSA) is 88.5 Å². The molecule has 1 heterocycles. The lowest BCUT2D eigenvalue weighted by Crippen LogP contribution is -2.39. The first kappa shape index (κ1) is 23.9. The van der Waals surface area contributed by atoms with Gasteiger partial charge in [0.2, 0.25) is 0 Å². The average Bonchev–Trinajstić information content (AvgIpc) is 2.79. The molecule has 3 rings (SSSR count). The summed E-state index contributed by atoms with van der Waals surface area (Å²) in [5.41, 5.74) is 2.45. The van der Waals surface area contributed by atoms with Gasteiger partial charge in [-0.25, -0.2) is 0 Å². The zero-order valence-electron chi connectivity index (χ0n) is 18.9. The van der Waals surface area contributed by atoms with Crippen LogP contribution in [0.4, 0.5) is 11.4 Å². The molecule has 0 aliphatic carbocycles. The maximum Gasteiger partial charge on any atom is 0.288 e. The summed E-state index contributed by atoms with van der Waals surface area (Å²) < 4.78 is 6.99. The van der Waals surface area contributed by atoms with Crippen LogP contribution < -0.4 is 14.6 Å². The van der Waals surface area contributed by atoms with Gasteiger partial charge in [0.25, 0.3) is 11.4 Å². The second-order valence-corrected chi connectivity index (χ2v) is 8.84. The molecule has 1 aromatic heterocycles. The number of anilines is 1. The van der Waals surface area contributed by atoms with Crippen molar-refractivity contribution >= 4 is 40.0 Å². The van der Waals surface area contributed by atoms with E-state index in [2.05, 4.69) is 26.1 Å². The number of rotatable bonds is 6. The van der Waals surface area contributed by atoms with Crippen molar-refractivity contribution in [2.75, 3.05) is 12.4 Å². The van der Waals surface area contributed by atoms with Crippen LogP contribution in [0.15, 0.2) is 73.1 Å². The van der Waals surface area contributed by atoms with Crippen molar-refractivity contribution < 1.29 is 19.3 Å². The minimum Gasteiger partial charge on any atom is -0.502 e. The Hall–Kier alpha value is -3.78. The lowest BCUT2D eigenvalue weighted by atomic mass is 9.88. The Labute approximate surface area is 198 Å². The summed E-state index contributed by atoms with van der Waals surface area (Å²) in [7, 11) is 1.58. The third-order valence-electron chi connectivity index (χ3n) is 5.07. The minimum absolute atomic E-state index is 0.0390. The molecule has 0 saturated heterocycles. The van der Waals surface area contributed by atoms with Crippen LogP contribution in [0, 0.1) is 10.1 Å². The number of hydrogen-bond acceptors (Lipinski definition) is 5. The summed E-state index contributed by atoms with van der Waals surface area (Å²) >= 11 is 5.67. The number of aliphatic hydroxyl groups excluding tert-OH is 1. The van der Waals surface area contributed by atoms with Crippen LogP contribution in [0.2, 0.25) is 0 Å². The molecule has 0 spiro atoms. The van der Waals surface area contributed by atoms with E-state index in [0.29, 0.717) is 22.7 Å². The Bertz CT molecular complexity index is 1200. The molecule has 8 heteroatoms. The zero-order chi connectivity index (χ0) is 24.2. The largest absolute Gasteiger partial charge is 0.502 e. The van der Waals surface area contributed by atoms with E-state index in [1.54, 1.807) is 17.7 Å². The number of benzene rings is 2. The smallest absolute Gasteiger partial charge is 0.288 e. The third kappa shape index (κ3) is 5.72. The van der Waals surface area contributed by atoms with Crippen LogP contribution in [-0.4, -0.2) is 22.1 Å².